The number of nitrogens with zero attached hydrogens (tertiary/aromatic N) is 1. The van der Waals surface area contributed by atoms with Gasteiger partial charge in [0.15, 0.2) is 0 Å². The predicted molar refractivity (Wildman–Crippen MR) is 108 cm³/mol. The van der Waals surface area contributed by atoms with Gasteiger partial charge in [0.05, 0.1) is 18.1 Å². The third-order valence-electron chi connectivity index (χ3n) is 5.00. The number of para-hydroxylation sites is 1. The highest BCUT2D eigenvalue weighted by Crippen LogP contribution is 2.55. The molecule has 1 saturated carbocycles. The number of benzene rings is 2. The normalized spacial score (nSPS) is 20.9. The maximum atomic E-state index is 12.7. The monoisotopic (exact) mass is 378 g/mol. The average molecular weight is 378 g/mol. The van der Waals surface area contributed by atoms with Crippen LogP contribution in [0.1, 0.15) is 39.4 Å². The molecular weight excluding hydrogens is 352 g/mol. The van der Waals surface area contributed by atoms with Crippen molar-refractivity contribution in [1.29, 1.82) is 5.26 Å². The Kier molecular flexibility index (Phi) is 5.71. The number of hydrogen-bond donors (Lipinski definition) is 1. The number of carbonyl (C=O) groups is 1. The summed E-state index contributed by atoms with van der Waals surface area (Å²) in [6.07, 6.45) is -1.10. The zero-order valence-corrected chi connectivity index (χ0v) is 16.7. The molecule has 3 atom stereocenters. The molecular formula is C23H26N2O3. The van der Waals surface area contributed by atoms with E-state index < -0.39 is 6.10 Å². The van der Waals surface area contributed by atoms with Crippen LogP contribution in [0.15, 0.2) is 54.6 Å². The molecule has 28 heavy (non-hydrogen) atoms. The van der Waals surface area contributed by atoms with E-state index in [-0.39, 0.29) is 29.5 Å². The summed E-state index contributed by atoms with van der Waals surface area (Å²) in [5.41, 5.74) is 2.13. The van der Waals surface area contributed by atoms with Gasteiger partial charge < -0.3 is 14.8 Å². The Morgan fingerprint density at radius 2 is 1.79 bits per heavy atom. The molecule has 3 rings (SSSR count). The van der Waals surface area contributed by atoms with Gasteiger partial charge in [0.25, 0.3) is 0 Å². The second-order valence-corrected chi connectivity index (χ2v) is 7.97. The van der Waals surface area contributed by atoms with E-state index in [0.29, 0.717) is 5.56 Å². The number of anilines is 2. The van der Waals surface area contributed by atoms with E-state index in [2.05, 4.69) is 11.4 Å². The lowest BCUT2D eigenvalue weighted by molar-refractivity contribution is -0.150. The quantitative estimate of drug-likeness (QED) is 0.688. The molecule has 1 aliphatic carbocycles. The largest absolute Gasteiger partial charge is 0.442 e. The minimum Gasteiger partial charge on any atom is -0.442 e. The Morgan fingerprint density at radius 1 is 1.11 bits per heavy atom. The molecule has 3 unspecified atom stereocenters. The number of ether oxygens (including phenoxy) is 2. The molecule has 2 aromatic carbocycles. The molecule has 0 aliphatic heterocycles. The zero-order valence-electron chi connectivity index (χ0n) is 16.7. The summed E-state index contributed by atoms with van der Waals surface area (Å²) in [6.45, 7) is 7.86. The fourth-order valence-corrected chi connectivity index (χ4v) is 3.39. The van der Waals surface area contributed by atoms with Crippen LogP contribution in [-0.4, -0.2) is 18.2 Å². The maximum absolute atomic E-state index is 12.7. The maximum Gasteiger partial charge on any atom is 0.313 e. The molecule has 0 heterocycles. The van der Waals surface area contributed by atoms with Crippen LogP contribution in [0.4, 0.5) is 11.4 Å². The molecule has 1 fully saturated rings. The van der Waals surface area contributed by atoms with Crippen LogP contribution in [0.25, 0.3) is 0 Å². The van der Waals surface area contributed by atoms with Crippen molar-refractivity contribution in [1.82, 2.24) is 0 Å². The average Bonchev–Trinajstić information content (AvgIpc) is 3.20. The fourth-order valence-electron chi connectivity index (χ4n) is 3.39. The van der Waals surface area contributed by atoms with Crippen molar-refractivity contribution < 1.29 is 14.3 Å². The summed E-state index contributed by atoms with van der Waals surface area (Å²) in [7, 11) is 0. The van der Waals surface area contributed by atoms with E-state index in [4.69, 9.17) is 9.47 Å². The van der Waals surface area contributed by atoms with Crippen LogP contribution in [-0.2, 0) is 14.3 Å². The Morgan fingerprint density at radius 3 is 2.43 bits per heavy atom. The summed E-state index contributed by atoms with van der Waals surface area (Å²) in [4.78, 5) is 12.7. The molecule has 0 spiro atoms. The molecule has 0 saturated heterocycles. The van der Waals surface area contributed by atoms with Crippen LogP contribution in [0.5, 0.6) is 0 Å². The van der Waals surface area contributed by atoms with E-state index in [1.54, 1.807) is 6.07 Å². The van der Waals surface area contributed by atoms with Crippen molar-refractivity contribution in [3.63, 3.8) is 0 Å². The lowest BCUT2D eigenvalue weighted by Gasteiger charge is -2.14. The van der Waals surface area contributed by atoms with Gasteiger partial charge in [-0.25, -0.2) is 0 Å². The molecule has 146 valence electrons. The molecule has 2 aromatic rings. The zero-order chi connectivity index (χ0) is 20.3. The molecule has 5 nitrogen and oxygen atoms in total. The smallest absolute Gasteiger partial charge is 0.313 e. The van der Waals surface area contributed by atoms with E-state index in [1.165, 1.54) is 0 Å². The first-order valence-corrected chi connectivity index (χ1v) is 9.50. The highest BCUT2D eigenvalue weighted by Gasteiger charge is 2.64. The van der Waals surface area contributed by atoms with Crippen molar-refractivity contribution >= 4 is 17.3 Å². The van der Waals surface area contributed by atoms with E-state index >= 15 is 0 Å². The molecule has 5 heteroatoms. The first-order valence-electron chi connectivity index (χ1n) is 9.50. The van der Waals surface area contributed by atoms with Gasteiger partial charge in [0, 0.05) is 22.4 Å². The van der Waals surface area contributed by atoms with Gasteiger partial charge in [-0.15, -0.1) is 0 Å². The van der Waals surface area contributed by atoms with Crippen LogP contribution in [0, 0.1) is 22.7 Å². The van der Waals surface area contributed by atoms with Crippen molar-refractivity contribution in [2.45, 2.75) is 46.0 Å². The van der Waals surface area contributed by atoms with Crippen LogP contribution in [0.2, 0.25) is 0 Å². The summed E-state index contributed by atoms with van der Waals surface area (Å²) >= 11 is 0. The van der Waals surface area contributed by atoms with Gasteiger partial charge in [-0.1, -0.05) is 44.2 Å². The van der Waals surface area contributed by atoms with Crippen molar-refractivity contribution in [3.8, 4) is 6.07 Å². The van der Waals surface area contributed by atoms with Gasteiger partial charge in [-0.2, -0.15) is 5.26 Å². The van der Waals surface area contributed by atoms with Crippen molar-refractivity contribution in [2.75, 3.05) is 5.32 Å². The standard InChI is InChI=1S/C23H26N2O3/c1-15(2)27-21-20(23(21,3)4)22(26)28-19(14-24)16-9-8-12-18(13-16)25-17-10-6-5-7-11-17/h5-13,15,19-21,25H,1-4H3. The van der Waals surface area contributed by atoms with Crippen LogP contribution in [0.3, 0.4) is 0 Å². The number of nitrogens with one attached hydrogen (secondary N) is 1. The third-order valence-corrected chi connectivity index (χ3v) is 5.00. The van der Waals surface area contributed by atoms with Gasteiger partial charge in [-0.05, 0) is 38.1 Å². The van der Waals surface area contributed by atoms with Crippen LogP contribution < -0.4 is 5.32 Å². The number of hydrogen-bond acceptors (Lipinski definition) is 5. The number of rotatable bonds is 7. The summed E-state index contributed by atoms with van der Waals surface area (Å²) in [6, 6.07) is 19.2. The molecule has 0 bridgehead atoms. The van der Waals surface area contributed by atoms with Gasteiger partial charge in [0.2, 0.25) is 6.10 Å². The number of nitriles is 1. The SMILES string of the molecule is CC(C)OC1C(C(=O)OC(C#N)c2cccc(Nc3ccccc3)c2)C1(C)C. The van der Waals surface area contributed by atoms with Gasteiger partial charge >= 0.3 is 5.97 Å². The second kappa shape index (κ2) is 8.04. The molecule has 0 aromatic heterocycles. The molecule has 1 N–H and O–H groups in total. The lowest BCUT2D eigenvalue weighted by atomic mass is 10.1. The molecule has 1 aliphatic rings. The summed E-state index contributed by atoms with van der Waals surface area (Å²) < 4.78 is 11.4. The first-order chi connectivity index (χ1) is 13.3. The second-order valence-electron chi connectivity index (χ2n) is 7.97. The summed E-state index contributed by atoms with van der Waals surface area (Å²) in [5.74, 6) is -0.736. The highest BCUT2D eigenvalue weighted by molar-refractivity contribution is 5.79. The Balaban J connectivity index is 1.70. The predicted octanol–water partition coefficient (Wildman–Crippen LogP) is 4.99. The molecule has 0 amide bonds. The third kappa shape index (κ3) is 4.35. The fraction of sp³-hybridized carbons (Fsp3) is 0.391. The van der Waals surface area contributed by atoms with E-state index in [9.17, 15) is 10.1 Å². The number of esters is 1. The molecule has 0 radical (unpaired) electrons. The Labute approximate surface area is 166 Å². The minimum atomic E-state index is -0.957. The van der Waals surface area contributed by atoms with E-state index in [1.807, 2.05) is 76.2 Å². The summed E-state index contributed by atoms with van der Waals surface area (Å²) in [5, 5.41) is 12.9. The Bertz CT molecular complexity index is 871. The van der Waals surface area contributed by atoms with Crippen molar-refractivity contribution in [2.24, 2.45) is 11.3 Å². The Hall–Kier alpha value is -2.84. The van der Waals surface area contributed by atoms with Crippen LogP contribution >= 0.6 is 0 Å². The highest BCUT2D eigenvalue weighted by atomic mass is 16.6. The topological polar surface area (TPSA) is 71.3 Å². The van der Waals surface area contributed by atoms with Gasteiger partial charge in [0.1, 0.15) is 6.07 Å². The van der Waals surface area contributed by atoms with Crippen molar-refractivity contribution in [3.05, 3.63) is 60.2 Å². The van der Waals surface area contributed by atoms with Gasteiger partial charge in [-0.3, -0.25) is 4.79 Å². The lowest BCUT2D eigenvalue weighted by Crippen LogP contribution is -2.16. The van der Waals surface area contributed by atoms with E-state index in [0.717, 1.165) is 11.4 Å². The first kappa shape index (κ1) is 19.9. The minimum absolute atomic E-state index is 0.0366. The number of carbonyl (C=O) groups excluding carboxylic acids is 1.